The molecule has 6 heteroatoms. The number of pyridine rings is 1. The van der Waals surface area contributed by atoms with Crippen LogP contribution in [0, 0.1) is 13.8 Å². The van der Waals surface area contributed by atoms with Crippen LogP contribution >= 0.6 is 0 Å². The van der Waals surface area contributed by atoms with Gasteiger partial charge >= 0.3 is 5.69 Å². The Morgan fingerprint density at radius 3 is 2.80 bits per heavy atom. The summed E-state index contributed by atoms with van der Waals surface area (Å²) in [5, 5.41) is 2.77. The van der Waals surface area contributed by atoms with Crippen LogP contribution in [0.3, 0.4) is 0 Å². The Hall–Kier alpha value is -3.28. The second-order valence-corrected chi connectivity index (χ2v) is 5.85. The predicted octanol–water partition coefficient (Wildman–Crippen LogP) is 2.38. The number of nitrogens with one attached hydrogen (secondary N) is 2. The highest BCUT2D eigenvalue weighted by Gasteiger charge is 2.12. The van der Waals surface area contributed by atoms with Gasteiger partial charge in [-0.3, -0.25) is 9.78 Å². The SMILES string of the molecule is Cc1ccc(C)c(-c2cc(C(=O)NCc3cccnc3)[nH]c(=O)n2)c1. The number of aromatic nitrogens is 3. The fourth-order valence-electron chi connectivity index (χ4n) is 2.51. The number of carbonyl (C=O) groups excluding carboxylic acids is 1. The third kappa shape index (κ3) is 3.98. The minimum Gasteiger partial charge on any atom is -0.347 e. The van der Waals surface area contributed by atoms with Gasteiger partial charge in [-0.05, 0) is 43.2 Å². The van der Waals surface area contributed by atoms with Crippen molar-refractivity contribution < 1.29 is 4.79 Å². The number of H-pyrrole nitrogens is 1. The monoisotopic (exact) mass is 334 g/mol. The second kappa shape index (κ2) is 7.09. The Morgan fingerprint density at radius 1 is 1.20 bits per heavy atom. The van der Waals surface area contributed by atoms with E-state index in [1.807, 2.05) is 38.1 Å². The van der Waals surface area contributed by atoms with Gasteiger partial charge < -0.3 is 10.3 Å². The van der Waals surface area contributed by atoms with Crippen molar-refractivity contribution in [1.82, 2.24) is 20.3 Å². The van der Waals surface area contributed by atoms with Crippen LogP contribution in [0.2, 0.25) is 0 Å². The first-order valence-corrected chi connectivity index (χ1v) is 7.89. The van der Waals surface area contributed by atoms with Crippen LogP contribution in [0.1, 0.15) is 27.2 Å². The lowest BCUT2D eigenvalue weighted by Gasteiger charge is -2.09. The molecule has 0 fully saturated rings. The Labute approximate surface area is 145 Å². The number of hydrogen-bond acceptors (Lipinski definition) is 4. The molecule has 0 aliphatic heterocycles. The molecular weight excluding hydrogens is 316 g/mol. The highest BCUT2D eigenvalue weighted by Crippen LogP contribution is 2.22. The van der Waals surface area contributed by atoms with Gasteiger partial charge in [0, 0.05) is 24.5 Å². The van der Waals surface area contributed by atoms with Crippen molar-refractivity contribution in [1.29, 1.82) is 0 Å². The third-order valence-corrected chi connectivity index (χ3v) is 3.83. The maximum atomic E-state index is 12.4. The summed E-state index contributed by atoms with van der Waals surface area (Å²) < 4.78 is 0. The normalized spacial score (nSPS) is 10.5. The van der Waals surface area contributed by atoms with E-state index in [1.165, 1.54) is 0 Å². The van der Waals surface area contributed by atoms with Crippen molar-refractivity contribution in [3.63, 3.8) is 0 Å². The van der Waals surface area contributed by atoms with Crippen molar-refractivity contribution in [2.24, 2.45) is 0 Å². The molecule has 6 nitrogen and oxygen atoms in total. The van der Waals surface area contributed by atoms with E-state index in [1.54, 1.807) is 24.5 Å². The minimum absolute atomic E-state index is 0.180. The van der Waals surface area contributed by atoms with Gasteiger partial charge in [0.05, 0.1) is 5.69 Å². The first kappa shape index (κ1) is 16.6. The van der Waals surface area contributed by atoms with Crippen molar-refractivity contribution >= 4 is 5.91 Å². The van der Waals surface area contributed by atoms with E-state index in [9.17, 15) is 9.59 Å². The largest absolute Gasteiger partial charge is 0.347 e. The van der Waals surface area contributed by atoms with Crippen LogP contribution < -0.4 is 11.0 Å². The van der Waals surface area contributed by atoms with Gasteiger partial charge in [0.2, 0.25) is 0 Å². The fraction of sp³-hybridized carbons (Fsp3) is 0.158. The molecule has 0 saturated carbocycles. The van der Waals surface area contributed by atoms with E-state index in [0.29, 0.717) is 12.2 Å². The van der Waals surface area contributed by atoms with Gasteiger partial charge in [-0.25, -0.2) is 4.79 Å². The standard InChI is InChI=1S/C19H18N4O2/c1-12-5-6-13(2)15(8-12)16-9-17(23-19(25)22-16)18(24)21-11-14-4-3-7-20-10-14/h3-10H,11H2,1-2H3,(H,21,24)(H,22,23,25). The van der Waals surface area contributed by atoms with E-state index in [-0.39, 0.29) is 11.6 Å². The number of aromatic amines is 1. The lowest BCUT2D eigenvalue weighted by atomic mass is 10.0. The summed E-state index contributed by atoms with van der Waals surface area (Å²) >= 11 is 0. The first-order chi connectivity index (χ1) is 12.0. The minimum atomic E-state index is -0.551. The number of carbonyl (C=O) groups is 1. The zero-order valence-electron chi connectivity index (χ0n) is 14.0. The summed E-state index contributed by atoms with van der Waals surface area (Å²) in [6, 6.07) is 11.2. The van der Waals surface area contributed by atoms with Gasteiger partial charge in [0.25, 0.3) is 5.91 Å². The summed E-state index contributed by atoms with van der Waals surface area (Å²) in [5.74, 6) is -0.366. The summed E-state index contributed by atoms with van der Waals surface area (Å²) in [5.41, 5.74) is 3.88. The van der Waals surface area contributed by atoms with Gasteiger partial charge in [0.15, 0.2) is 0 Å². The Morgan fingerprint density at radius 2 is 2.04 bits per heavy atom. The maximum Gasteiger partial charge on any atom is 0.346 e. The highest BCUT2D eigenvalue weighted by atomic mass is 16.2. The molecule has 2 heterocycles. The van der Waals surface area contributed by atoms with E-state index >= 15 is 0 Å². The van der Waals surface area contributed by atoms with Crippen LogP contribution in [0.4, 0.5) is 0 Å². The first-order valence-electron chi connectivity index (χ1n) is 7.89. The zero-order valence-corrected chi connectivity index (χ0v) is 14.0. The summed E-state index contributed by atoms with van der Waals surface area (Å²) in [4.78, 5) is 34.8. The van der Waals surface area contributed by atoms with Crippen molar-refractivity contribution in [2.45, 2.75) is 20.4 Å². The molecule has 126 valence electrons. The average molecular weight is 334 g/mol. The number of aryl methyl sites for hydroxylation is 2. The molecule has 1 amide bonds. The van der Waals surface area contributed by atoms with Gasteiger partial charge in [0.1, 0.15) is 5.69 Å². The lowest BCUT2D eigenvalue weighted by molar-refractivity contribution is 0.0945. The summed E-state index contributed by atoms with van der Waals surface area (Å²) in [6.45, 7) is 4.24. The Bertz CT molecular complexity index is 965. The maximum absolute atomic E-state index is 12.4. The van der Waals surface area contributed by atoms with Crippen molar-refractivity contribution in [3.05, 3.63) is 81.7 Å². The molecule has 0 unspecified atom stereocenters. The molecular formula is C19H18N4O2. The summed E-state index contributed by atoms with van der Waals surface area (Å²) in [7, 11) is 0. The molecule has 2 aromatic heterocycles. The number of amides is 1. The zero-order chi connectivity index (χ0) is 17.8. The molecule has 0 aliphatic carbocycles. The molecule has 3 aromatic rings. The molecule has 25 heavy (non-hydrogen) atoms. The Balaban J connectivity index is 1.87. The molecule has 0 saturated heterocycles. The van der Waals surface area contributed by atoms with Crippen LogP contribution in [0.15, 0.2) is 53.6 Å². The quantitative estimate of drug-likeness (QED) is 0.767. The highest BCUT2D eigenvalue weighted by molar-refractivity contribution is 5.93. The fourth-order valence-corrected chi connectivity index (χ4v) is 2.51. The molecule has 0 spiro atoms. The van der Waals surface area contributed by atoms with E-state index < -0.39 is 5.69 Å². The molecule has 0 radical (unpaired) electrons. The van der Waals surface area contributed by atoms with E-state index in [2.05, 4.69) is 20.3 Å². The summed E-state index contributed by atoms with van der Waals surface area (Å²) in [6.07, 6.45) is 3.35. The second-order valence-electron chi connectivity index (χ2n) is 5.85. The van der Waals surface area contributed by atoms with Gasteiger partial charge in [-0.2, -0.15) is 4.98 Å². The van der Waals surface area contributed by atoms with Crippen molar-refractivity contribution in [2.75, 3.05) is 0 Å². The molecule has 2 N–H and O–H groups in total. The Kier molecular flexibility index (Phi) is 4.70. The van der Waals surface area contributed by atoms with Crippen LogP contribution in [0.5, 0.6) is 0 Å². The van der Waals surface area contributed by atoms with Crippen LogP contribution in [0.25, 0.3) is 11.3 Å². The lowest BCUT2D eigenvalue weighted by Crippen LogP contribution is -2.27. The molecule has 1 aromatic carbocycles. The topological polar surface area (TPSA) is 87.7 Å². The van der Waals surface area contributed by atoms with E-state index in [4.69, 9.17) is 0 Å². The molecule has 3 rings (SSSR count). The third-order valence-electron chi connectivity index (χ3n) is 3.83. The number of benzene rings is 1. The van der Waals surface area contributed by atoms with Gasteiger partial charge in [-0.15, -0.1) is 0 Å². The predicted molar refractivity (Wildman–Crippen MR) is 95.2 cm³/mol. The van der Waals surface area contributed by atoms with E-state index in [0.717, 1.165) is 22.3 Å². The molecule has 0 atom stereocenters. The molecule has 0 bridgehead atoms. The average Bonchev–Trinajstić information content (AvgIpc) is 2.62. The molecule has 0 aliphatic rings. The van der Waals surface area contributed by atoms with Crippen molar-refractivity contribution in [3.8, 4) is 11.3 Å². The van der Waals surface area contributed by atoms with Crippen LogP contribution in [-0.2, 0) is 6.54 Å². The van der Waals surface area contributed by atoms with Crippen LogP contribution in [-0.4, -0.2) is 20.9 Å². The number of hydrogen-bond donors (Lipinski definition) is 2. The number of nitrogens with zero attached hydrogens (tertiary/aromatic N) is 2. The van der Waals surface area contributed by atoms with Gasteiger partial charge in [-0.1, -0.05) is 23.8 Å². The smallest absolute Gasteiger partial charge is 0.346 e. The number of rotatable bonds is 4.